The maximum atomic E-state index is 13.7. The van der Waals surface area contributed by atoms with E-state index in [9.17, 15) is 60.7 Å². The number of carbonyl (C=O) groups is 2. The topological polar surface area (TPSA) is 316 Å². The molecule has 0 saturated heterocycles. The highest BCUT2D eigenvalue weighted by Crippen LogP contribution is 2.39. The Morgan fingerprint density at radius 2 is 0.947 bits per heavy atom. The second kappa shape index (κ2) is 25.1. The molecule has 0 spiro atoms. The van der Waals surface area contributed by atoms with Gasteiger partial charge in [0.2, 0.25) is 11.8 Å². The molecule has 4 aromatic rings. The number of amides is 2. The summed E-state index contributed by atoms with van der Waals surface area (Å²) in [4.78, 5) is 51.7. The first-order chi connectivity index (χ1) is 35.5. The number of aromatic nitrogens is 5. The number of H-pyrrole nitrogens is 3. The van der Waals surface area contributed by atoms with Crippen LogP contribution in [0.3, 0.4) is 0 Å². The van der Waals surface area contributed by atoms with Crippen LogP contribution in [0.25, 0.3) is 55.4 Å². The number of aliphatic hydroxyl groups is 10. The molecule has 0 fully saturated rings. The number of aliphatic hydroxyl groups excluding tert-OH is 10. The molecule has 2 amide bonds. The third kappa shape index (κ3) is 12.3. The van der Waals surface area contributed by atoms with E-state index >= 15 is 0 Å². The van der Waals surface area contributed by atoms with Crippen LogP contribution in [0.15, 0.2) is 24.3 Å². The van der Waals surface area contributed by atoms with Gasteiger partial charge in [0.25, 0.3) is 0 Å². The molecule has 0 aliphatic carbocycles. The molecule has 75 heavy (non-hydrogen) atoms. The lowest BCUT2D eigenvalue weighted by atomic mass is 9.99. The zero-order valence-electron chi connectivity index (χ0n) is 45.0. The number of nitrogens with zero attached hydrogens (tertiary/aromatic N) is 4. The summed E-state index contributed by atoms with van der Waals surface area (Å²) in [6, 6.07) is 8.21. The van der Waals surface area contributed by atoms with Crippen molar-refractivity contribution in [1.82, 2.24) is 34.7 Å². The first kappa shape index (κ1) is 58.7. The highest BCUT2D eigenvalue weighted by Gasteiger charge is 2.33. The SMILES string of the molecule is CCC1=C(C)c2nc1cc1nc(cc3[nH]c(cc4[nH]c(cc5[nH]c2c(C)c5CC)c(C)c4CCC(=O)N(C)CC(O)[C@@H](O)[C@H](O)[C@H](O)CO)c(CC)c3CC)C(CCC(=O)N(C)C[C@H](O)[C@@H](O)[C@H](O)[C@H](O)CO)=C1C. The Balaban J connectivity index is 1.53. The molecule has 2 aliphatic rings. The number of fused-ring (bicyclic) bond motifs is 11. The second-order valence-corrected chi connectivity index (χ2v) is 20.1. The molecule has 10 bridgehead atoms. The lowest BCUT2D eigenvalue weighted by molar-refractivity contribution is -0.138. The molecule has 0 radical (unpaired) electrons. The molecular weight excluding hydrogens is 963 g/mol. The van der Waals surface area contributed by atoms with Gasteiger partial charge in [-0.3, -0.25) is 9.59 Å². The minimum absolute atomic E-state index is 0.0118. The van der Waals surface area contributed by atoms with Gasteiger partial charge in [-0.25, -0.2) is 9.97 Å². The van der Waals surface area contributed by atoms with Crippen LogP contribution in [0.2, 0.25) is 0 Å². The molecule has 8 atom stereocenters. The van der Waals surface area contributed by atoms with Crippen molar-refractivity contribution in [2.24, 2.45) is 0 Å². The van der Waals surface area contributed by atoms with E-state index in [4.69, 9.17) is 9.97 Å². The minimum atomic E-state index is -1.83. The highest BCUT2D eigenvalue weighted by atomic mass is 16.4. The van der Waals surface area contributed by atoms with Gasteiger partial charge in [0, 0.05) is 67.6 Å². The Bertz CT molecular complexity index is 3010. The monoisotopic (exact) mass is 1040 g/mol. The van der Waals surface area contributed by atoms with Crippen molar-refractivity contribution in [3.8, 4) is 0 Å². The van der Waals surface area contributed by atoms with E-state index in [1.54, 1.807) is 0 Å². The Morgan fingerprint density at radius 1 is 0.493 bits per heavy atom. The van der Waals surface area contributed by atoms with E-state index < -0.39 is 62.0 Å². The molecule has 1 unspecified atom stereocenters. The summed E-state index contributed by atoms with van der Waals surface area (Å²) in [7, 11) is 2.96. The third-order valence-electron chi connectivity index (χ3n) is 15.3. The van der Waals surface area contributed by atoms with Gasteiger partial charge in [0.05, 0.1) is 41.5 Å². The highest BCUT2D eigenvalue weighted by molar-refractivity contribution is 5.99. The van der Waals surface area contributed by atoms with Crippen LogP contribution in [0.5, 0.6) is 0 Å². The predicted molar refractivity (Wildman–Crippen MR) is 290 cm³/mol. The second-order valence-electron chi connectivity index (χ2n) is 20.1. The van der Waals surface area contributed by atoms with E-state index in [1.807, 2.05) is 26.0 Å². The maximum Gasteiger partial charge on any atom is 0.222 e. The zero-order valence-corrected chi connectivity index (χ0v) is 45.0. The summed E-state index contributed by atoms with van der Waals surface area (Å²) in [6.07, 6.45) is -10.4. The molecule has 410 valence electrons. The predicted octanol–water partition coefficient (Wildman–Crippen LogP) is 3.44. The molecule has 4 aromatic heterocycles. The first-order valence-electron chi connectivity index (χ1n) is 26.1. The van der Waals surface area contributed by atoms with Crippen molar-refractivity contribution in [1.29, 1.82) is 0 Å². The molecule has 6 rings (SSSR count). The summed E-state index contributed by atoms with van der Waals surface area (Å²) in [6.45, 7) is 14.3. The van der Waals surface area contributed by atoms with E-state index in [0.717, 1.165) is 107 Å². The normalized spacial score (nSPS) is 16.2. The molecular formula is C56H79N7O12. The van der Waals surface area contributed by atoms with Gasteiger partial charge in [-0.15, -0.1) is 0 Å². The summed E-state index contributed by atoms with van der Waals surface area (Å²) < 4.78 is 0. The summed E-state index contributed by atoms with van der Waals surface area (Å²) >= 11 is 0. The van der Waals surface area contributed by atoms with Crippen LogP contribution in [-0.2, 0) is 35.3 Å². The number of hydrogen-bond donors (Lipinski definition) is 13. The van der Waals surface area contributed by atoms with Gasteiger partial charge >= 0.3 is 0 Å². The number of rotatable bonds is 22. The fourth-order valence-electron chi connectivity index (χ4n) is 10.5. The number of allylic oxidation sites excluding steroid dienone is 4. The number of nitrogens with one attached hydrogen (secondary N) is 3. The van der Waals surface area contributed by atoms with E-state index in [2.05, 4.69) is 68.6 Å². The van der Waals surface area contributed by atoms with Crippen molar-refractivity contribution in [3.63, 3.8) is 0 Å². The van der Waals surface area contributed by atoms with Crippen LogP contribution in [0.1, 0.15) is 123 Å². The number of aryl methyl sites for hydroxylation is 6. The Hall–Kier alpha value is -5.58. The van der Waals surface area contributed by atoms with Gasteiger partial charge in [0.15, 0.2) is 0 Å². The average molecular weight is 1040 g/mol. The minimum Gasteiger partial charge on any atom is -0.394 e. The zero-order chi connectivity index (χ0) is 55.3. The van der Waals surface area contributed by atoms with Gasteiger partial charge in [-0.2, -0.15) is 0 Å². The van der Waals surface area contributed by atoms with Crippen molar-refractivity contribution in [2.75, 3.05) is 40.4 Å². The number of aromatic amines is 3. The fraction of sp³-hybridized carbons (Fsp3) is 0.536. The molecule has 0 saturated carbocycles. The van der Waals surface area contributed by atoms with Gasteiger partial charge < -0.3 is 75.8 Å². The van der Waals surface area contributed by atoms with Crippen LogP contribution >= 0.6 is 0 Å². The van der Waals surface area contributed by atoms with Crippen molar-refractivity contribution in [2.45, 2.75) is 156 Å². The van der Waals surface area contributed by atoms with Gasteiger partial charge in [-0.05, 0) is 146 Å². The largest absolute Gasteiger partial charge is 0.394 e. The van der Waals surface area contributed by atoms with Crippen molar-refractivity contribution >= 4 is 67.2 Å². The summed E-state index contributed by atoms with van der Waals surface area (Å²) in [5.41, 5.74) is 18.1. The quantitative estimate of drug-likeness (QED) is 0.0537. The van der Waals surface area contributed by atoms with E-state index in [0.29, 0.717) is 37.1 Å². The first-order valence-corrected chi connectivity index (χ1v) is 26.1. The summed E-state index contributed by atoms with van der Waals surface area (Å²) in [5.74, 6) is -0.676. The maximum absolute atomic E-state index is 13.7. The number of likely N-dealkylation sites (N-methyl/N-ethyl adjacent to an activating group) is 2. The molecule has 13 N–H and O–H groups in total. The lowest BCUT2D eigenvalue weighted by Gasteiger charge is -2.28. The van der Waals surface area contributed by atoms with Crippen molar-refractivity contribution in [3.05, 3.63) is 80.4 Å². The van der Waals surface area contributed by atoms with Crippen LogP contribution < -0.4 is 0 Å². The number of hydrogen-bond acceptors (Lipinski definition) is 14. The standard InChI is InChI=1S/C56H79N7O12/c1-11-31-29(7)51-52-30(8)32(12-2)40(61-52)20-38-28(6)36(16-18-50(71)63(10)24-46(67)54(73)56(75)48(69)26-65)44(58-38)22-42-34(14-4)33(13-3)41(59-42)21-43-35(27(5)37(57-43)19-39(31)60-51)15-17-49(70)62(9)23-45(66)53(72)55(74)47(68)25-64/h19-22,45-48,53-57,59-60,64-69,72-75H,11-18,23-26H2,1-10H3/t45?,46-,47+,48+,53+,54+,55+,56+/m0/s1. The fourth-order valence-corrected chi connectivity index (χ4v) is 10.5. The van der Waals surface area contributed by atoms with Crippen LogP contribution in [0, 0.1) is 13.8 Å². The molecule has 6 heterocycles. The van der Waals surface area contributed by atoms with E-state index in [-0.39, 0.29) is 44.2 Å². The Kier molecular flexibility index (Phi) is 19.6. The molecule has 19 heteroatoms. The van der Waals surface area contributed by atoms with Crippen LogP contribution in [0.4, 0.5) is 0 Å². The number of carbonyl (C=O) groups excluding carboxylic acids is 2. The van der Waals surface area contributed by atoms with Crippen LogP contribution in [-0.4, -0.2) is 187 Å². The lowest BCUT2D eigenvalue weighted by Crippen LogP contribution is -2.50. The average Bonchev–Trinajstić information content (AvgIpc) is 4.15. The van der Waals surface area contributed by atoms with Gasteiger partial charge in [0.1, 0.15) is 48.8 Å². The molecule has 2 aliphatic heterocycles. The van der Waals surface area contributed by atoms with E-state index in [1.165, 1.54) is 23.9 Å². The third-order valence-corrected chi connectivity index (χ3v) is 15.3. The summed E-state index contributed by atoms with van der Waals surface area (Å²) in [5, 5.41) is 101. The molecule has 19 nitrogen and oxygen atoms in total. The Morgan fingerprint density at radius 3 is 1.47 bits per heavy atom. The molecule has 0 aromatic carbocycles. The smallest absolute Gasteiger partial charge is 0.222 e. The van der Waals surface area contributed by atoms with Crippen molar-refractivity contribution < 1.29 is 60.7 Å². The Labute approximate surface area is 437 Å². The van der Waals surface area contributed by atoms with Gasteiger partial charge in [-0.1, -0.05) is 27.7 Å².